The molecule has 0 N–H and O–H groups in total. The summed E-state index contributed by atoms with van der Waals surface area (Å²) < 4.78 is 0. The van der Waals surface area contributed by atoms with E-state index >= 15 is 0 Å². The predicted octanol–water partition coefficient (Wildman–Crippen LogP) is 3.28. The van der Waals surface area contributed by atoms with Crippen LogP contribution in [0.2, 0.25) is 0 Å². The SMILES string of the molecule is CC1CCN(C(=O)c2ccc(N3CCSC(C)C3C)nc2)CC1. The quantitative estimate of drug-likeness (QED) is 0.832. The van der Waals surface area contributed by atoms with E-state index in [1.807, 2.05) is 28.8 Å². The molecule has 1 amide bonds. The maximum absolute atomic E-state index is 12.6. The summed E-state index contributed by atoms with van der Waals surface area (Å²) >= 11 is 2.02. The van der Waals surface area contributed by atoms with Gasteiger partial charge in [-0.25, -0.2) is 4.98 Å². The summed E-state index contributed by atoms with van der Waals surface area (Å²) in [6, 6.07) is 4.44. The lowest BCUT2D eigenvalue weighted by atomic mass is 9.99. The van der Waals surface area contributed by atoms with E-state index in [0.717, 1.165) is 55.5 Å². The van der Waals surface area contributed by atoms with Crippen LogP contribution in [-0.2, 0) is 0 Å². The Bertz CT molecular complexity index is 540. The summed E-state index contributed by atoms with van der Waals surface area (Å²) in [5.41, 5.74) is 0.718. The number of pyridine rings is 1. The number of rotatable bonds is 2. The normalized spacial score (nSPS) is 26.4. The van der Waals surface area contributed by atoms with Gasteiger partial charge in [-0.15, -0.1) is 0 Å². The summed E-state index contributed by atoms with van der Waals surface area (Å²) in [7, 11) is 0. The van der Waals surface area contributed by atoms with Crippen molar-refractivity contribution in [2.75, 3.05) is 30.3 Å². The molecule has 0 radical (unpaired) electrons. The van der Waals surface area contributed by atoms with Crippen LogP contribution in [0.1, 0.15) is 44.0 Å². The van der Waals surface area contributed by atoms with Crippen LogP contribution in [0.4, 0.5) is 5.82 Å². The molecule has 23 heavy (non-hydrogen) atoms. The molecule has 1 aromatic rings. The van der Waals surface area contributed by atoms with Crippen LogP contribution < -0.4 is 4.90 Å². The second-order valence-corrected chi connectivity index (χ2v) is 8.37. The van der Waals surface area contributed by atoms with E-state index in [1.54, 1.807) is 6.20 Å². The molecule has 2 atom stereocenters. The van der Waals surface area contributed by atoms with Gasteiger partial charge in [0.1, 0.15) is 5.82 Å². The molecule has 2 aliphatic heterocycles. The van der Waals surface area contributed by atoms with Crippen LogP contribution >= 0.6 is 11.8 Å². The first-order valence-electron chi connectivity index (χ1n) is 8.70. The molecular formula is C18H27N3OS. The molecular weight excluding hydrogens is 306 g/mol. The monoisotopic (exact) mass is 333 g/mol. The van der Waals surface area contributed by atoms with E-state index in [9.17, 15) is 4.79 Å². The number of piperidine rings is 1. The molecule has 2 fully saturated rings. The standard InChI is InChI=1S/C18H27N3OS/c1-13-6-8-20(9-7-13)18(22)16-4-5-17(19-12-16)21-10-11-23-15(3)14(21)2/h4-5,12-15H,6-11H2,1-3H3. The Morgan fingerprint density at radius 3 is 2.57 bits per heavy atom. The third kappa shape index (κ3) is 3.65. The Kier molecular flexibility index (Phi) is 5.14. The van der Waals surface area contributed by atoms with Crippen LogP contribution in [0.3, 0.4) is 0 Å². The Balaban J connectivity index is 1.68. The molecule has 5 heteroatoms. The van der Waals surface area contributed by atoms with Crippen molar-refractivity contribution in [3.8, 4) is 0 Å². The summed E-state index contributed by atoms with van der Waals surface area (Å²) in [6.45, 7) is 9.57. The van der Waals surface area contributed by atoms with Gasteiger partial charge < -0.3 is 9.80 Å². The zero-order chi connectivity index (χ0) is 16.4. The molecule has 2 aliphatic rings. The van der Waals surface area contributed by atoms with Gasteiger partial charge in [-0.05, 0) is 37.8 Å². The van der Waals surface area contributed by atoms with Crippen molar-refractivity contribution in [2.45, 2.75) is 44.9 Å². The van der Waals surface area contributed by atoms with Crippen LogP contribution in [0.5, 0.6) is 0 Å². The highest BCUT2D eigenvalue weighted by Gasteiger charge is 2.27. The second-order valence-electron chi connectivity index (χ2n) is 6.89. The molecule has 0 spiro atoms. The Morgan fingerprint density at radius 1 is 1.17 bits per heavy atom. The molecule has 126 valence electrons. The van der Waals surface area contributed by atoms with Crippen molar-refractivity contribution in [1.82, 2.24) is 9.88 Å². The van der Waals surface area contributed by atoms with Crippen LogP contribution in [-0.4, -0.2) is 52.5 Å². The maximum atomic E-state index is 12.6. The van der Waals surface area contributed by atoms with Crippen molar-refractivity contribution in [2.24, 2.45) is 5.92 Å². The van der Waals surface area contributed by atoms with Gasteiger partial charge in [-0.1, -0.05) is 13.8 Å². The molecule has 4 nitrogen and oxygen atoms in total. The highest BCUT2D eigenvalue weighted by Crippen LogP contribution is 2.28. The number of nitrogens with zero attached hydrogens (tertiary/aromatic N) is 3. The van der Waals surface area contributed by atoms with Gasteiger partial charge in [0, 0.05) is 42.9 Å². The fourth-order valence-electron chi connectivity index (χ4n) is 3.33. The van der Waals surface area contributed by atoms with Gasteiger partial charge in [-0.2, -0.15) is 11.8 Å². The van der Waals surface area contributed by atoms with Crippen LogP contribution in [0.15, 0.2) is 18.3 Å². The molecule has 3 rings (SSSR count). The summed E-state index contributed by atoms with van der Waals surface area (Å²) in [4.78, 5) is 21.5. The zero-order valence-corrected chi connectivity index (χ0v) is 15.2. The van der Waals surface area contributed by atoms with E-state index < -0.39 is 0 Å². The number of anilines is 1. The van der Waals surface area contributed by atoms with E-state index in [-0.39, 0.29) is 5.91 Å². The fraction of sp³-hybridized carbons (Fsp3) is 0.667. The van der Waals surface area contributed by atoms with Gasteiger partial charge in [0.05, 0.1) is 5.56 Å². The fourth-order valence-corrected chi connectivity index (χ4v) is 4.43. The highest BCUT2D eigenvalue weighted by molar-refractivity contribution is 8.00. The number of likely N-dealkylation sites (tertiary alicyclic amines) is 1. The number of thioether (sulfide) groups is 1. The number of carbonyl (C=O) groups is 1. The first-order valence-corrected chi connectivity index (χ1v) is 9.74. The molecule has 3 heterocycles. The van der Waals surface area contributed by atoms with Gasteiger partial charge in [0.15, 0.2) is 0 Å². The first-order chi connectivity index (χ1) is 11.1. The van der Waals surface area contributed by atoms with Crippen molar-refractivity contribution in [3.63, 3.8) is 0 Å². The number of amides is 1. The third-order valence-electron chi connectivity index (χ3n) is 5.24. The topological polar surface area (TPSA) is 36.4 Å². The Morgan fingerprint density at radius 2 is 1.91 bits per heavy atom. The van der Waals surface area contributed by atoms with E-state index in [1.165, 1.54) is 0 Å². The van der Waals surface area contributed by atoms with E-state index in [2.05, 4.69) is 30.7 Å². The minimum atomic E-state index is 0.131. The highest BCUT2D eigenvalue weighted by atomic mass is 32.2. The number of carbonyl (C=O) groups excluding carboxylic acids is 1. The Hall–Kier alpha value is -1.23. The second kappa shape index (κ2) is 7.12. The van der Waals surface area contributed by atoms with Crippen LogP contribution in [0, 0.1) is 5.92 Å². The molecule has 0 bridgehead atoms. The number of hydrogen-bond donors (Lipinski definition) is 0. The average molecular weight is 334 g/mol. The van der Waals surface area contributed by atoms with Crippen molar-refractivity contribution < 1.29 is 4.79 Å². The van der Waals surface area contributed by atoms with Gasteiger partial charge in [0.2, 0.25) is 0 Å². The lowest BCUT2D eigenvalue weighted by Crippen LogP contribution is -2.45. The van der Waals surface area contributed by atoms with Crippen molar-refractivity contribution in [3.05, 3.63) is 23.9 Å². The summed E-state index contributed by atoms with van der Waals surface area (Å²) in [5, 5.41) is 0.613. The van der Waals surface area contributed by atoms with Gasteiger partial charge in [-0.3, -0.25) is 4.79 Å². The van der Waals surface area contributed by atoms with E-state index in [0.29, 0.717) is 11.3 Å². The van der Waals surface area contributed by atoms with Gasteiger partial charge in [0.25, 0.3) is 5.91 Å². The molecule has 0 aliphatic carbocycles. The molecule has 1 aromatic heterocycles. The molecule has 2 unspecified atom stereocenters. The molecule has 0 saturated carbocycles. The first kappa shape index (κ1) is 16.6. The smallest absolute Gasteiger partial charge is 0.255 e. The number of aromatic nitrogens is 1. The van der Waals surface area contributed by atoms with E-state index in [4.69, 9.17) is 0 Å². The van der Waals surface area contributed by atoms with Gasteiger partial charge >= 0.3 is 0 Å². The minimum absolute atomic E-state index is 0.131. The number of hydrogen-bond acceptors (Lipinski definition) is 4. The average Bonchev–Trinajstić information content (AvgIpc) is 2.58. The largest absolute Gasteiger partial charge is 0.352 e. The van der Waals surface area contributed by atoms with Crippen molar-refractivity contribution >= 4 is 23.5 Å². The molecule has 0 aromatic carbocycles. The lowest BCUT2D eigenvalue weighted by molar-refractivity contribution is 0.0697. The lowest BCUT2D eigenvalue weighted by Gasteiger charge is -2.38. The van der Waals surface area contributed by atoms with Crippen molar-refractivity contribution in [1.29, 1.82) is 0 Å². The Labute approximate surface area is 143 Å². The summed E-state index contributed by atoms with van der Waals surface area (Å²) in [5.74, 6) is 3.00. The predicted molar refractivity (Wildman–Crippen MR) is 97.3 cm³/mol. The zero-order valence-electron chi connectivity index (χ0n) is 14.4. The molecule has 2 saturated heterocycles. The third-order valence-corrected chi connectivity index (χ3v) is 6.58. The summed E-state index contributed by atoms with van der Waals surface area (Å²) in [6.07, 6.45) is 3.98. The maximum Gasteiger partial charge on any atom is 0.255 e. The van der Waals surface area contributed by atoms with Crippen LogP contribution in [0.25, 0.3) is 0 Å². The minimum Gasteiger partial charge on any atom is -0.352 e.